The van der Waals surface area contributed by atoms with Gasteiger partial charge in [-0.3, -0.25) is 4.99 Å². The summed E-state index contributed by atoms with van der Waals surface area (Å²) in [6, 6.07) is 0. The number of hydrogen-bond acceptors (Lipinski definition) is 5. The number of nitrogens with zero attached hydrogens (tertiary/aromatic N) is 3. The van der Waals surface area contributed by atoms with Crippen LogP contribution in [0.4, 0.5) is 4.79 Å². The van der Waals surface area contributed by atoms with Crippen molar-refractivity contribution in [2.24, 2.45) is 10.9 Å². The predicted molar refractivity (Wildman–Crippen MR) is 116 cm³/mol. The molecule has 1 aliphatic heterocycles. The number of carbonyl (C=O) groups excluding carboxylic acids is 1. The van der Waals surface area contributed by atoms with Gasteiger partial charge in [0.05, 0.1) is 26.4 Å². The quantitative estimate of drug-likeness (QED) is 0.318. The van der Waals surface area contributed by atoms with Gasteiger partial charge in [-0.2, -0.15) is 0 Å². The fourth-order valence-electron chi connectivity index (χ4n) is 3.15. The lowest BCUT2D eigenvalue weighted by Crippen LogP contribution is -2.42. The first-order valence-electron chi connectivity index (χ1n) is 10.9. The lowest BCUT2D eigenvalue weighted by Gasteiger charge is -2.27. The number of aliphatic imine (C=N–C) groups is 1. The Balaban J connectivity index is 2.56. The Hall–Kier alpha value is -1.54. The normalized spacial score (nSPS) is 17.5. The van der Waals surface area contributed by atoms with Gasteiger partial charge >= 0.3 is 6.09 Å². The molecular weight excluding hydrogens is 372 g/mol. The second-order valence-corrected chi connectivity index (χ2v) is 8.37. The highest BCUT2D eigenvalue weighted by molar-refractivity contribution is 5.80. The molecule has 1 fully saturated rings. The molecule has 0 aromatic rings. The summed E-state index contributed by atoms with van der Waals surface area (Å²) >= 11 is 0. The van der Waals surface area contributed by atoms with E-state index in [1.54, 1.807) is 12.0 Å². The van der Waals surface area contributed by atoms with Crippen molar-refractivity contribution >= 4 is 12.1 Å². The summed E-state index contributed by atoms with van der Waals surface area (Å²) < 4.78 is 16.2. The van der Waals surface area contributed by atoms with Crippen LogP contribution in [0.5, 0.6) is 0 Å². The molecule has 0 bridgehead atoms. The molecule has 1 amide bonds. The van der Waals surface area contributed by atoms with Gasteiger partial charge in [0.1, 0.15) is 5.60 Å². The summed E-state index contributed by atoms with van der Waals surface area (Å²) in [7, 11) is 1.68. The lowest BCUT2D eigenvalue weighted by atomic mass is 10.1. The van der Waals surface area contributed by atoms with Crippen molar-refractivity contribution in [3.05, 3.63) is 0 Å². The minimum Gasteiger partial charge on any atom is -0.444 e. The Kier molecular flexibility index (Phi) is 12.0. The highest BCUT2D eigenvalue weighted by atomic mass is 16.6. The van der Waals surface area contributed by atoms with Crippen LogP contribution in [0.3, 0.4) is 0 Å². The number of nitrogens with one attached hydrogen (secondary N) is 1. The van der Waals surface area contributed by atoms with Gasteiger partial charge in [0.25, 0.3) is 0 Å². The van der Waals surface area contributed by atoms with Crippen molar-refractivity contribution in [3.63, 3.8) is 0 Å². The van der Waals surface area contributed by atoms with Gasteiger partial charge in [0.2, 0.25) is 0 Å². The van der Waals surface area contributed by atoms with Crippen LogP contribution in [-0.4, -0.2) is 93.7 Å². The average Bonchev–Trinajstić information content (AvgIpc) is 3.11. The average molecular weight is 415 g/mol. The Morgan fingerprint density at radius 2 is 2.00 bits per heavy atom. The van der Waals surface area contributed by atoms with Crippen LogP contribution >= 0.6 is 0 Å². The number of ether oxygens (including phenoxy) is 3. The molecule has 29 heavy (non-hydrogen) atoms. The monoisotopic (exact) mass is 414 g/mol. The highest BCUT2D eigenvalue weighted by Crippen LogP contribution is 2.17. The van der Waals surface area contributed by atoms with E-state index in [1.807, 2.05) is 20.8 Å². The van der Waals surface area contributed by atoms with Crippen molar-refractivity contribution in [1.82, 2.24) is 15.1 Å². The smallest absolute Gasteiger partial charge is 0.410 e. The molecule has 1 atom stereocenters. The van der Waals surface area contributed by atoms with E-state index in [2.05, 4.69) is 24.1 Å². The second kappa shape index (κ2) is 13.6. The summed E-state index contributed by atoms with van der Waals surface area (Å²) in [5.74, 6) is 1.42. The second-order valence-electron chi connectivity index (χ2n) is 8.37. The van der Waals surface area contributed by atoms with Crippen LogP contribution in [0.2, 0.25) is 0 Å². The van der Waals surface area contributed by atoms with Gasteiger partial charge in [-0.05, 0) is 40.5 Å². The first-order chi connectivity index (χ1) is 13.8. The Morgan fingerprint density at radius 3 is 2.62 bits per heavy atom. The van der Waals surface area contributed by atoms with Gasteiger partial charge in [-0.15, -0.1) is 0 Å². The Morgan fingerprint density at radius 1 is 1.24 bits per heavy atom. The van der Waals surface area contributed by atoms with Crippen LogP contribution in [0, 0.1) is 5.92 Å². The SMILES string of the molecule is CCCN(CCN=C(NCC)N1CCC(COCCOC)C1)C(=O)OC(C)(C)C. The molecule has 0 aromatic heterocycles. The van der Waals surface area contributed by atoms with Crippen LogP contribution in [0.25, 0.3) is 0 Å². The zero-order valence-electron chi connectivity index (χ0n) is 19.3. The van der Waals surface area contributed by atoms with E-state index in [1.165, 1.54) is 0 Å². The van der Waals surface area contributed by atoms with Crippen LogP contribution in [-0.2, 0) is 14.2 Å². The van der Waals surface area contributed by atoms with Crippen molar-refractivity contribution in [3.8, 4) is 0 Å². The standard InChI is InChI=1S/C21H42N4O4/c1-7-11-24(20(26)29-21(3,4)5)13-10-23-19(22-8-2)25-12-9-18(16-25)17-28-15-14-27-6/h18H,7-17H2,1-6H3,(H,22,23). The fraction of sp³-hybridized carbons (Fsp3) is 0.905. The summed E-state index contributed by atoms with van der Waals surface area (Å²) in [4.78, 5) is 21.2. The number of carbonyl (C=O) groups is 1. The molecule has 0 aliphatic carbocycles. The molecule has 0 saturated carbocycles. The summed E-state index contributed by atoms with van der Waals surface area (Å²) in [5, 5.41) is 3.38. The zero-order valence-corrected chi connectivity index (χ0v) is 19.3. The minimum absolute atomic E-state index is 0.269. The topological polar surface area (TPSA) is 75.6 Å². The largest absolute Gasteiger partial charge is 0.444 e. The number of likely N-dealkylation sites (tertiary alicyclic amines) is 1. The van der Waals surface area contributed by atoms with E-state index >= 15 is 0 Å². The minimum atomic E-state index is -0.489. The van der Waals surface area contributed by atoms with Crippen molar-refractivity contribution in [2.45, 2.75) is 53.1 Å². The number of guanidine groups is 1. The molecule has 8 nitrogen and oxygen atoms in total. The maximum atomic E-state index is 12.4. The first kappa shape index (κ1) is 25.5. The molecule has 0 aromatic carbocycles. The third-order valence-corrected chi connectivity index (χ3v) is 4.48. The third-order valence-electron chi connectivity index (χ3n) is 4.48. The summed E-state index contributed by atoms with van der Waals surface area (Å²) in [6.07, 6.45) is 1.71. The lowest BCUT2D eigenvalue weighted by molar-refractivity contribution is 0.0255. The highest BCUT2D eigenvalue weighted by Gasteiger charge is 2.25. The van der Waals surface area contributed by atoms with Crippen molar-refractivity contribution in [1.29, 1.82) is 0 Å². The molecule has 1 heterocycles. The van der Waals surface area contributed by atoms with Crippen LogP contribution in [0.15, 0.2) is 4.99 Å². The van der Waals surface area contributed by atoms with Gasteiger partial charge < -0.3 is 29.3 Å². The maximum Gasteiger partial charge on any atom is 0.410 e. The molecule has 1 saturated heterocycles. The number of amides is 1. The molecule has 8 heteroatoms. The number of rotatable bonds is 11. The molecule has 0 radical (unpaired) electrons. The first-order valence-corrected chi connectivity index (χ1v) is 10.9. The van der Waals surface area contributed by atoms with E-state index in [4.69, 9.17) is 19.2 Å². The molecule has 1 aliphatic rings. The van der Waals surface area contributed by atoms with Crippen LogP contribution in [0.1, 0.15) is 47.5 Å². The number of methoxy groups -OCH3 is 1. The molecule has 1 rings (SSSR count). The summed E-state index contributed by atoms with van der Waals surface area (Å²) in [6.45, 7) is 16.3. The number of hydrogen-bond donors (Lipinski definition) is 1. The molecule has 0 spiro atoms. The van der Waals surface area contributed by atoms with Gasteiger partial charge in [0.15, 0.2) is 5.96 Å². The fourth-order valence-corrected chi connectivity index (χ4v) is 3.15. The van der Waals surface area contributed by atoms with E-state index in [0.29, 0.717) is 38.8 Å². The molecule has 1 unspecified atom stereocenters. The third kappa shape index (κ3) is 10.7. The van der Waals surface area contributed by atoms with E-state index in [0.717, 1.165) is 45.0 Å². The van der Waals surface area contributed by atoms with E-state index in [9.17, 15) is 4.79 Å². The van der Waals surface area contributed by atoms with Gasteiger partial charge in [0, 0.05) is 45.8 Å². The van der Waals surface area contributed by atoms with E-state index in [-0.39, 0.29) is 6.09 Å². The van der Waals surface area contributed by atoms with Crippen molar-refractivity contribution in [2.75, 3.05) is 66.2 Å². The zero-order chi connectivity index (χ0) is 21.7. The van der Waals surface area contributed by atoms with Crippen molar-refractivity contribution < 1.29 is 19.0 Å². The van der Waals surface area contributed by atoms with Gasteiger partial charge in [-0.1, -0.05) is 6.92 Å². The Bertz CT molecular complexity index is 494. The van der Waals surface area contributed by atoms with Crippen LogP contribution < -0.4 is 5.32 Å². The predicted octanol–water partition coefficient (Wildman–Crippen LogP) is 2.58. The summed E-state index contributed by atoms with van der Waals surface area (Å²) in [5.41, 5.74) is -0.489. The Labute approximate surface area is 176 Å². The van der Waals surface area contributed by atoms with E-state index < -0.39 is 5.60 Å². The molecule has 1 N–H and O–H groups in total. The van der Waals surface area contributed by atoms with Gasteiger partial charge in [-0.25, -0.2) is 4.79 Å². The molecule has 170 valence electrons. The maximum absolute atomic E-state index is 12.4. The molecular formula is C21H42N4O4.